The Balaban J connectivity index is 1.49. The molecule has 1 aromatic heterocycles. The maximum atomic E-state index is 12.3. The molecule has 1 N–H and O–H groups in total. The predicted octanol–water partition coefficient (Wildman–Crippen LogP) is 4.41. The number of benzene rings is 2. The van der Waals surface area contributed by atoms with E-state index < -0.39 is 0 Å². The van der Waals surface area contributed by atoms with E-state index in [2.05, 4.69) is 22.1 Å². The lowest BCUT2D eigenvalue weighted by molar-refractivity contribution is -0.111. The Hall–Kier alpha value is -3.65. The summed E-state index contributed by atoms with van der Waals surface area (Å²) in [5, 5.41) is 12.0. The van der Waals surface area contributed by atoms with E-state index in [1.54, 1.807) is 18.2 Å². The lowest BCUT2D eigenvalue weighted by atomic mass is 10.1. The molecular weight excluding hydrogens is 348 g/mol. The first kappa shape index (κ1) is 17.7. The summed E-state index contributed by atoms with van der Waals surface area (Å²) in [5.74, 6) is 0.892. The number of carbonyl (C=O) groups is 1. The van der Waals surface area contributed by atoms with Gasteiger partial charge in [-0.05, 0) is 42.7 Å². The van der Waals surface area contributed by atoms with Crippen molar-refractivity contribution in [3.63, 3.8) is 0 Å². The minimum absolute atomic E-state index is 0.242. The van der Waals surface area contributed by atoms with E-state index in [4.69, 9.17) is 10.2 Å². The van der Waals surface area contributed by atoms with Crippen LogP contribution in [0.25, 0.3) is 17.3 Å². The molecule has 0 radical (unpaired) electrons. The van der Waals surface area contributed by atoms with Crippen molar-refractivity contribution in [3.05, 3.63) is 77.8 Å². The number of carbonyl (C=O) groups excluding carboxylic acids is 1. The van der Waals surface area contributed by atoms with Crippen molar-refractivity contribution in [1.29, 1.82) is 5.26 Å². The third-order valence-corrected chi connectivity index (χ3v) is 4.83. The highest BCUT2D eigenvalue weighted by molar-refractivity contribution is 6.02. The molecule has 0 atom stereocenters. The zero-order valence-corrected chi connectivity index (χ0v) is 15.4. The fourth-order valence-corrected chi connectivity index (χ4v) is 3.40. The number of anilines is 1. The van der Waals surface area contributed by atoms with E-state index in [0.717, 1.165) is 35.6 Å². The summed E-state index contributed by atoms with van der Waals surface area (Å²) in [6.45, 7) is 1.02. The molecule has 1 aliphatic heterocycles. The number of imidazole rings is 1. The molecule has 138 valence electrons. The zero-order chi connectivity index (χ0) is 19.3. The summed E-state index contributed by atoms with van der Waals surface area (Å²) >= 11 is 0. The SMILES string of the molecule is N#Cc1ccccc1/C=C/C(=O)Nc1cccc(-c2cn3c(n2)CCCC3)c1. The van der Waals surface area contributed by atoms with Gasteiger partial charge in [0, 0.05) is 36.5 Å². The highest BCUT2D eigenvalue weighted by Crippen LogP contribution is 2.24. The standard InChI is InChI=1S/C23H20N4O/c24-15-19-7-2-1-6-17(19)11-12-23(28)25-20-9-5-8-18(14-20)21-16-27-13-4-3-10-22(27)26-21/h1-2,5-9,11-12,14,16H,3-4,10,13H2,(H,25,28)/b12-11+. The Labute approximate surface area is 164 Å². The quantitative estimate of drug-likeness (QED) is 0.694. The second kappa shape index (κ2) is 7.93. The van der Waals surface area contributed by atoms with Gasteiger partial charge < -0.3 is 9.88 Å². The third-order valence-electron chi connectivity index (χ3n) is 4.83. The largest absolute Gasteiger partial charge is 0.334 e. The number of aryl methyl sites for hydroxylation is 2. The Bertz CT molecular complexity index is 1060. The number of amides is 1. The molecule has 2 aromatic carbocycles. The Kier molecular flexibility index (Phi) is 5.03. The van der Waals surface area contributed by atoms with Gasteiger partial charge >= 0.3 is 0 Å². The van der Waals surface area contributed by atoms with Crippen molar-refractivity contribution >= 4 is 17.7 Å². The summed E-state index contributed by atoms with van der Waals surface area (Å²) < 4.78 is 2.22. The molecule has 0 bridgehead atoms. The van der Waals surface area contributed by atoms with Crippen LogP contribution in [0.2, 0.25) is 0 Å². The van der Waals surface area contributed by atoms with Gasteiger partial charge in [-0.2, -0.15) is 5.26 Å². The molecule has 28 heavy (non-hydrogen) atoms. The van der Waals surface area contributed by atoms with E-state index in [0.29, 0.717) is 11.3 Å². The predicted molar refractivity (Wildman–Crippen MR) is 109 cm³/mol. The van der Waals surface area contributed by atoms with Gasteiger partial charge in [-0.1, -0.05) is 30.3 Å². The fraction of sp³-hybridized carbons (Fsp3) is 0.174. The first-order valence-electron chi connectivity index (χ1n) is 9.37. The van der Waals surface area contributed by atoms with Gasteiger partial charge in [0.1, 0.15) is 5.82 Å². The van der Waals surface area contributed by atoms with Crippen molar-refractivity contribution in [2.24, 2.45) is 0 Å². The van der Waals surface area contributed by atoms with E-state index in [9.17, 15) is 4.79 Å². The first-order valence-corrected chi connectivity index (χ1v) is 9.37. The molecule has 0 unspecified atom stereocenters. The normalized spacial score (nSPS) is 13.1. The van der Waals surface area contributed by atoms with Crippen molar-refractivity contribution in [3.8, 4) is 17.3 Å². The number of fused-ring (bicyclic) bond motifs is 1. The molecule has 5 nitrogen and oxygen atoms in total. The molecule has 0 fully saturated rings. The Morgan fingerprint density at radius 3 is 2.93 bits per heavy atom. The molecule has 0 spiro atoms. The molecule has 1 amide bonds. The van der Waals surface area contributed by atoms with Gasteiger partial charge in [0.15, 0.2) is 0 Å². The summed E-state index contributed by atoms with van der Waals surface area (Å²) in [7, 11) is 0. The van der Waals surface area contributed by atoms with Crippen molar-refractivity contribution in [1.82, 2.24) is 9.55 Å². The van der Waals surface area contributed by atoms with Gasteiger partial charge in [-0.3, -0.25) is 4.79 Å². The number of nitrogens with zero attached hydrogens (tertiary/aromatic N) is 3. The van der Waals surface area contributed by atoms with Gasteiger partial charge in [0.25, 0.3) is 0 Å². The summed E-state index contributed by atoms with van der Waals surface area (Å²) in [6, 6.07) is 17.0. The Morgan fingerprint density at radius 2 is 2.07 bits per heavy atom. The van der Waals surface area contributed by atoms with Crippen molar-refractivity contribution in [2.75, 3.05) is 5.32 Å². The maximum Gasteiger partial charge on any atom is 0.248 e. The number of aromatic nitrogens is 2. The van der Waals surface area contributed by atoms with E-state index in [-0.39, 0.29) is 5.91 Å². The number of hydrogen-bond donors (Lipinski definition) is 1. The molecule has 4 rings (SSSR count). The van der Waals surface area contributed by atoms with Gasteiger partial charge in [-0.15, -0.1) is 0 Å². The lowest BCUT2D eigenvalue weighted by Crippen LogP contribution is -2.08. The van der Waals surface area contributed by atoms with E-state index in [1.165, 1.54) is 18.9 Å². The van der Waals surface area contributed by atoms with Crippen LogP contribution in [-0.2, 0) is 17.8 Å². The number of rotatable bonds is 4. The molecule has 3 aromatic rings. The third kappa shape index (κ3) is 3.86. The van der Waals surface area contributed by atoms with E-state index >= 15 is 0 Å². The van der Waals surface area contributed by atoms with E-state index in [1.807, 2.05) is 36.4 Å². The molecule has 5 heteroatoms. The molecule has 0 aliphatic carbocycles. The van der Waals surface area contributed by atoms with Crippen LogP contribution in [0.1, 0.15) is 29.8 Å². The van der Waals surface area contributed by atoms with Crippen LogP contribution in [0.4, 0.5) is 5.69 Å². The minimum Gasteiger partial charge on any atom is -0.334 e. The smallest absolute Gasteiger partial charge is 0.248 e. The molecular formula is C23H20N4O. The maximum absolute atomic E-state index is 12.3. The first-order chi connectivity index (χ1) is 13.7. The number of hydrogen-bond acceptors (Lipinski definition) is 3. The van der Waals surface area contributed by atoms with Crippen LogP contribution in [0.3, 0.4) is 0 Å². The fourth-order valence-electron chi connectivity index (χ4n) is 3.40. The monoisotopic (exact) mass is 368 g/mol. The van der Waals surface area contributed by atoms with Crippen LogP contribution >= 0.6 is 0 Å². The highest BCUT2D eigenvalue weighted by atomic mass is 16.1. The average Bonchev–Trinajstić information content (AvgIpc) is 3.17. The highest BCUT2D eigenvalue weighted by Gasteiger charge is 2.13. The second-order valence-electron chi connectivity index (χ2n) is 6.80. The zero-order valence-electron chi connectivity index (χ0n) is 15.4. The summed E-state index contributed by atoms with van der Waals surface area (Å²) in [4.78, 5) is 17.0. The Morgan fingerprint density at radius 1 is 1.18 bits per heavy atom. The van der Waals surface area contributed by atoms with Gasteiger partial charge in [-0.25, -0.2) is 4.98 Å². The molecule has 0 saturated heterocycles. The van der Waals surface area contributed by atoms with Crippen molar-refractivity contribution < 1.29 is 4.79 Å². The minimum atomic E-state index is -0.242. The van der Waals surface area contributed by atoms with Crippen LogP contribution in [0.5, 0.6) is 0 Å². The summed E-state index contributed by atoms with van der Waals surface area (Å²) in [6.07, 6.45) is 8.59. The van der Waals surface area contributed by atoms with Gasteiger partial charge in [0.2, 0.25) is 5.91 Å². The van der Waals surface area contributed by atoms with Crippen LogP contribution < -0.4 is 5.32 Å². The average molecular weight is 368 g/mol. The lowest BCUT2D eigenvalue weighted by Gasteiger charge is -2.11. The number of nitrogens with one attached hydrogen (secondary N) is 1. The molecule has 0 saturated carbocycles. The molecule has 2 heterocycles. The number of nitriles is 1. The second-order valence-corrected chi connectivity index (χ2v) is 6.80. The molecule has 1 aliphatic rings. The topological polar surface area (TPSA) is 70.7 Å². The van der Waals surface area contributed by atoms with Crippen LogP contribution in [0, 0.1) is 11.3 Å². The van der Waals surface area contributed by atoms with Crippen LogP contribution in [-0.4, -0.2) is 15.5 Å². The van der Waals surface area contributed by atoms with Gasteiger partial charge in [0.05, 0.1) is 17.3 Å². The van der Waals surface area contributed by atoms with Crippen molar-refractivity contribution in [2.45, 2.75) is 25.8 Å². The van der Waals surface area contributed by atoms with Crippen LogP contribution in [0.15, 0.2) is 60.8 Å². The summed E-state index contributed by atoms with van der Waals surface area (Å²) in [5.41, 5.74) is 3.89.